The molecule has 2 aliphatic heterocycles. The topological polar surface area (TPSA) is 135 Å². The van der Waals surface area contributed by atoms with Crippen molar-refractivity contribution >= 4 is 17.7 Å². The van der Waals surface area contributed by atoms with Crippen molar-refractivity contribution < 1.29 is 19.1 Å². The number of nitrogens with zero attached hydrogens (tertiary/aromatic N) is 4. The second kappa shape index (κ2) is 11.5. The summed E-state index contributed by atoms with van der Waals surface area (Å²) in [5.74, 6) is 1.09. The molecule has 3 heterocycles. The molecule has 3 N–H and O–H groups in total. The number of likely N-dealkylation sites (tertiary alicyclic amines) is 2. The Morgan fingerprint density at radius 3 is 2.53 bits per heavy atom. The number of nitrogens with one attached hydrogen (secondary N) is 1. The van der Waals surface area contributed by atoms with Gasteiger partial charge in [-0.3, -0.25) is 19.5 Å². The van der Waals surface area contributed by atoms with Gasteiger partial charge < -0.3 is 20.3 Å². The van der Waals surface area contributed by atoms with Crippen LogP contribution >= 0.6 is 0 Å². The van der Waals surface area contributed by atoms with Crippen LogP contribution in [-0.2, 0) is 9.59 Å². The molecule has 2 aliphatic rings. The fourth-order valence-electron chi connectivity index (χ4n) is 5.15. The fraction of sp³-hybridized carbons (Fsp3) is 0.393. The minimum Gasteiger partial charge on any atom is -0.484 e. The third-order valence-electron chi connectivity index (χ3n) is 7.30. The van der Waals surface area contributed by atoms with E-state index in [2.05, 4.69) is 10.2 Å². The van der Waals surface area contributed by atoms with Crippen LogP contribution < -0.4 is 10.5 Å². The molecule has 0 aliphatic carbocycles. The lowest BCUT2D eigenvalue weighted by molar-refractivity contribution is -0.137. The van der Waals surface area contributed by atoms with Gasteiger partial charge in [-0.15, -0.1) is 0 Å². The first-order chi connectivity index (χ1) is 18.5. The van der Waals surface area contributed by atoms with Crippen LogP contribution in [0.15, 0.2) is 54.6 Å². The molecule has 0 radical (unpaired) electrons. The summed E-state index contributed by atoms with van der Waals surface area (Å²) in [5.41, 5.74) is 6.67. The smallest absolute Gasteiger partial charge is 0.261 e. The molecule has 38 heavy (non-hydrogen) atoms. The molecule has 0 saturated carbocycles. The second-order valence-corrected chi connectivity index (χ2v) is 9.79. The lowest BCUT2D eigenvalue weighted by atomic mass is 9.95. The van der Waals surface area contributed by atoms with Crippen LogP contribution in [0, 0.1) is 5.92 Å². The molecule has 2 aromatic carbocycles. The second-order valence-electron chi connectivity index (χ2n) is 9.79. The zero-order valence-corrected chi connectivity index (χ0v) is 21.2. The fourth-order valence-corrected chi connectivity index (χ4v) is 5.15. The van der Waals surface area contributed by atoms with E-state index in [9.17, 15) is 14.4 Å². The minimum absolute atomic E-state index is 0.0393. The molecule has 10 heteroatoms. The molecule has 0 bridgehead atoms. The predicted octanol–water partition coefficient (Wildman–Crippen LogP) is 2.94. The van der Waals surface area contributed by atoms with E-state index >= 15 is 0 Å². The number of para-hydroxylation sites is 1. The molecular formula is C28H32N6O4. The Hall–Kier alpha value is -4.21. The number of primary amides is 1. The van der Waals surface area contributed by atoms with Gasteiger partial charge in [0.2, 0.25) is 5.91 Å². The van der Waals surface area contributed by atoms with E-state index in [1.54, 1.807) is 17.0 Å². The molecule has 0 spiro atoms. The van der Waals surface area contributed by atoms with Crippen LogP contribution in [0.3, 0.4) is 0 Å². The highest BCUT2D eigenvalue weighted by Gasteiger charge is 2.31. The van der Waals surface area contributed by atoms with Crippen molar-refractivity contribution in [3.63, 3.8) is 0 Å². The Labute approximate surface area is 221 Å². The normalized spacial score (nSPS) is 18.3. The first-order valence-electron chi connectivity index (χ1n) is 13.1. The van der Waals surface area contributed by atoms with Gasteiger partial charge in [0.1, 0.15) is 11.6 Å². The van der Waals surface area contributed by atoms with E-state index in [1.165, 1.54) is 0 Å². The number of hydrogen-bond donors (Lipinski definition) is 2. The van der Waals surface area contributed by atoms with Crippen molar-refractivity contribution in [3.8, 4) is 17.1 Å². The number of nitrogens with two attached hydrogens (primary N) is 1. The molecule has 5 rings (SSSR count). The van der Waals surface area contributed by atoms with E-state index in [0.29, 0.717) is 61.0 Å². The Balaban J connectivity index is 1.26. The highest BCUT2D eigenvalue weighted by atomic mass is 16.5. The van der Waals surface area contributed by atoms with Crippen LogP contribution in [0.5, 0.6) is 5.75 Å². The van der Waals surface area contributed by atoms with Gasteiger partial charge in [0.25, 0.3) is 11.8 Å². The van der Waals surface area contributed by atoms with Gasteiger partial charge in [-0.25, -0.2) is 4.98 Å². The molecule has 0 unspecified atom stereocenters. The monoisotopic (exact) mass is 516 g/mol. The maximum Gasteiger partial charge on any atom is 0.261 e. The number of H-pyrrole nitrogens is 1. The van der Waals surface area contributed by atoms with Crippen LogP contribution in [-0.4, -0.2) is 68.9 Å². The summed E-state index contributed by atoms with van der Waals surface area (Å²) in [5, 5.41) is 7.43. The Morgan fingerprint density at radius 2 is 1.76 bits per heavy atom. The van der Waals surface area contributed by atoms with Gasteiger partial charge in [-0.2, -0.15) is 5.10 Å². The number of carbonyl (C=O) groups is 3. The summed E-state index contributed by atoms with van der Waals surface area (Å²) in [6.07, 6.45) is 3.86. The first kappa shape index (κ1) is 25.4. The standard InChI is InChI=1S/C28H32N6O4/c29-25(36)19-12-15-33(16-13-19)28(37)21-8-6-7-20(17-21)26-30-27(32-31-26)23-11-4-5-14-34(23)24(35)18-38-22-9-2-1-3-10-22/h1-3,6-10,17,19,23H,4-5,11-16,18H2,(H2,29,36)(H,30,31,32)/t23-/m1/s1. The van der Waals surface area contributed by atoms with Crippen molar-refractivity contribution in [2.75, 3.05) is 26.2 Å². The summed E-state index contributed by atoms with van der Waals surface area (Å²) < 4.78 is 5.69. The van der Waals surface area contributed by atoms with Crippen molar-refractivity contribution in [2.24, 2.45) is 11.7 Å². The molecule has 1 atom stereocenters. The molecule has 2 fully saturated rings. The largest absolute Gasteiger partial charge is 0.484 e. The number of benzene rings is 2. The lowest BCUT2D eigenvalue weighted by Gasteiger charge is -2.34. The average Bonchev–Trinajstić information content (AvgIpc) is 3.46. The zero-order chi connectivity index (χ0) is 26.5. The Morgan fingerprint density at radius 1 is 0.974 bits per heavy atom. The van der Waals surface area contributed by atoms with Gasteiger partial charge in [0.05, 0.1) is 6.04 Å². The van der Waals surface area contributed by atoms with Crippen LogP contribution in [0.4, 0.5) is 0 Å². The number of aromatic nitrogens is 3. The van der Waals surface area contributed by atoms with Crippen molar-refractivity contribution in [2.45, 2.75) is 38.1 Å². The number of piperidine rings is 2. The number of amides is 3. The SMILES string of the molecule is NC(=O)C1CCN(C(=O)c2cccc(-c3n[nH]c([C@H]4CCCCN4C(=O)COc4ccccc4)n3)c2)CC1. The molecular weight excluding hydrogens is 484 g/mol. The highest BCUT2D eigenvalue weighted by molar-refractivity contribution is 5.95. The minimum atomic E-state index is -0.304. The summed E-state index contributed by atoms with van der Waals surface area (Å²) in [4.78, 5) is 45.9. The molecule has 3 amide bonds. The van der Waals surface area contributed by atoms with Gasteiger partial charge in [0.15, 0.2) is 12.4 Å². The summed E-state index contributed by atoms with van der Waals surface area (Å²) in [6, 6.07) is 16.3. The molecule has 1 aromatic heterocycles. The first-order valence-corrected chi connectivity index (χ1v) is 13.1. The lowest BCUT2D eigenvalue weighted by Crippen LogP contribution is -2.41. The summed E-state index contributed by atoms with van der Waals surface area (Å²) >= 11 is 0. The molecule has 198 valence electrons. The van der Waals surface area contributed by atoms with Gasteiger partial charge in [-0.05, 0) is 56.4 Å². The van der Waals surface area contributed by atoms with Gasteiger partial charge >= 0.3 is 0 Å². The number of aromatic amines is 1. The summed E-state index contributed by atoms with van der Waals surface area (Å²) in [7, 11) is 0. The summed E-state index contributed by atoms with van der Waals surface area (Å²) in [6.45, 7) is 1.60. The van der Waals surface area contributed by atoms with Gasteiger partial charge in [-0.1, -0.05) is 30.3 Å². The average molecular weight is 517 g/mol. The van der Waals surface area contributed by atoms with Crippen molar-refractivity contribution in [3.05, 3.63) is 66.0 Å². The Kier molecular flexibility index (Phi) is 7.67. The molecule has 3 aromatic rings. The third-order valence-corrected chi connectivity index (χ3v) is 7.30. The maximum atomic E-state index is 13.1. The van der Waals surface area contributed by atoms with Crippen LogP contribution in [0.25, 0.3) is 11.4 Å². The van der Waals surface area contributed by atoms with E-state index < -0.39 is 0 Å². The van der Waals surface area contributed by atoms with Gasteiger partial charge in [0, 0.05) is 36.7 Å². The van der Waals surface area contributed by atoms with E-state index in [4.69, 9.17) is 15.5 Å². The Bertz CT molecular complexity index is 1290. The number of rotatable bonds is 7. The number of hydrogen-bond acceptors (Lipinski definition) is 6. The maximum absolute atomic E-state index is 13.1. The number of ether oxygens (including phenoxy) is 1. The molecule has 10 nitrogen and oxygen atoms in total. The van der Waals surface area contributed by atoms with Crippen molar-refractivity contribution in [1.82, 2.24) is 25.0 Å². The van der Waals surface area contributed by atoms with Crippen LogP contribution in [0.1, 0.15) is 54.3 Å². The highest BCUT2D eigenvalue weighted by Crippen LogP contribution is 2.30. The van der Waals surface area contributed by atoms with E-state index in [1.807, 2.05) is 47.4 Å². The van der Waals surface area contributed by atoms with Crippen molar-refractivity contribution in [1.29, 1.82) is 0 Å². The predicted molar refractivity (Wildman–Crippen MR) is 140 cm³/mol. The third kappa shape index (κ3) is 5.69. The number of carbonyl (C=O) groups excluding carboxylic acids is 3. The van der Waals surface area contributed by atoms with E-state index in [-0.39, 0.29) is 36.3 Å². The molecule has 2 saturated heterocycles. The van der Waals surface area contributed by atoms with E-state index in [0.717, 1.165) is 19.3 Å². The van der Waals surface area contributed by atoms with Crippen LogP contribution in [0.2, 0.25) is 0 Å². The zero-order valence-electron chi connectivity index (χ0n) is 21.2. The quantitative estimate of drug-likeness (QED) is 0.496.